The van der Waals surface area contributed by atoms with Crippen molar-refractivity contribution >= 4 is 42.6 Å². The lowest BCUT2D eigenvalue weighted by molar-refractivity contribution is -0.123. The van der Waals surface area contributed by atoms with Crippen LogP contribution in [0.5, 0.6) is 0 Å². The monoisotopic (exact) mass is 505 g/mol. The van der Waals surface area contributed by atoms with E-state index in [0.717, 1.165) is 21.3 Å². The second-order valence-electron chi connectivity index (χ2n) is 8.84. The van der Waals surface area contributed by atoms with E-state index in [9.17, 15) is 13.2 Å². The molecular weight excluding hydrogens is 478 g/mol. The Balaban J connectivity index is 1.46. The number of anilines is 1. The van der Waals surface area contributed by atoms with Crippen LogP contribution in [0.25, 0.3) is 10.2 Å². The molecule has 2 heterocycles. The van der Waals surface area contributed by atoms with Crippen LogP contribution in [0.3, 0.4) is 0 Å². The number of amides is 1. The van der Waals surface area contributed by atoms with Crippen molar-refractivity contribution in [3.63, 3.8) is 0 Å². The Morgan fingerprint density at radius 2 is 1.74 bits per heavy atom. The summed E-state index contributed by atoms with van der Waals surface area (Å²) < 4.78 is 29.0. The van der Waals surface area contributed by atoms with Gasteiger partial charge in [-0.15, -0.1) is 0 Å². The highest BCUT2D eigenvalue weighted by atomic mass is 32.2. The first-order valence-corrected chi connectivity index (χ1v) is 14.0. The molecule has 180 valence electrons. The molecule has 1 saturated heterocycles. The second kappa shape index (κ2) is 9.89. The molecule has 5 rings (SSSR count). The van der Waals surface area contributed by atoms with Gasteiger partial charge in [0.1, 0.15) is 0 Å². The molecule has 8 heteroatoms. The highest BCUT2D eigenvalue weighted by Crippen LogP contribution is 2.34. The zero-order valence-electron chi connectivity index (χ0n) is 19.5. The second-order valence-corrected chi connectivity index (χ2v) is 11.8. The van der Waals surface area contributed by atoms with Crippen LogP contribution in [0.15, 0.2) is 83.8 Å². The highest BCUT2D eigenvalue weighted by Gasteiger charge is 2.36. The quantitative estimate of drug-likeness (QED) is 0.359. The Labute approximate surface area is 209 Å². The van der Waals surface area contributed by atoms with Crippen LogP contribution < -0.4 is 4.90 Å². The Morgan fingerprint density at radius 1 is 1.03 bits per heavy atom. The van der Waals surface area contributed by atoms with Gasteiger partial charge >= 0.3 is 0 Å². The van der Waals surface area contributed by atoms with E-state index in [-0.39, 0.29) is 17.3 Å². The van der Waals surface area contributed by atoms with Crippen molar-refractivity contribution in [1.29, 1.82) is 0 Å². The maximum Gasteiger partial charge on any atom is 0.243 e. The SMILES string of the molecule is Cc1cccc2sc(N(Cc3ccccc3)C(=O)C3CCCN(S(=O)(=O)c4ccccc4)C3)nc12. The molecule has 1 aliphatic heterocycles. The fourth-order valence-electron chi connectivity index (χ4n) is 4.52. The van der Waals surface area contributed by atoms with Crippen molar-refractivity contribution < 1.29 is 13.2 Å². The Hall–Kier alpha value is -3.07. The van der Waals surface area contributed by atoms with Gasteiger partial charge in [-0.3, -0.25) is 9.69 Å². The molecule has 0 bridgehead atoms. The summed E-state index contributed by atoms with van der Waals surface area (Å²) in [5, 5.41) is 0.645. The van der Waals surface area contributed by atoms with Gasteiger partial charge in [0, 0.05) is 13.1 Å². The third-order valence-electron chi connectivity index (χ3n) is 6.40. The largest absolute Gasteiger partial charge is 0.283 e. The van der Waals surface area contributed by atoms with Crippen molar-refractivity contribution in [2.24, 2.45) is 5.92 Å². The minimum Gasteiger partial charge on any atom is -0.283 e. The van der Waals surface area contributed by atoms with Gasteiger partial charge < -0.3 is 0 Å². The first-order valence-electron chi connectivity index (χ1n) is 11.7. The van der Waals surface area contributed by atoms with Crippen molar-refractivity contribution in [1.82, 2.24) is 9.29 Å². The summed E-state index contributed by atoms with van der Waals surface area (Å²) in [5.41, 5.74) is 2.96. The molecule has 0 N–H and O–H groups in total. The standard InChI is InChI=1S/C27H27N3O3S2/c1-20-10-8-16-24-25(20)28-27(34-24)30(18-21-11-4-2-5-12-21)26(31)22-13-9-17-29(19-22)35(32,33)23-14-6-3-7-15-23/h2-8,10-12,14-16,22H,9,13,17-19H2,1H3. The van der Waals surface area contributed by atoms with Crippen LogP contribution in [0.2, 0.25) is 0 Å². The molecule has 0 spiro atoms. The number of aryl methyl sites for hydroxylation is 1. The van der Waals surface area contributed by atoms with Gasteiger partial charge in [0.25, 0.3) is 0 Å². The minimum atomic E-state index is -3.65. The third-order valence-corrected chi connectivity index (χ3v) is 9.33. The molecule has 35 heavy (non-hydrogen) atoms. The van der Waals surface area contributed by atoms with Crippen LogP contribution in [0, 0.1) is 12.8 Å². The average Bonchev–Trinajstić information content (AvgIpc) is 3.33. The number of carbonyl (C=O) groups excluding carboxylic acids is 1. The van der Waals surface area contributed by atoms with E-state index in [1.165, 1.54) is 15.6 Å². The summed E-state index contributed by atoms with van der Waals surface area (Å²) in [6.07, 6.45) is 1.29. The van der Waals surface area contributed by atoms with Crippen molar-refractivity contribution in [2.75, 3.05) is 18.0 Å². The number of fused-ring (bicyclic) bond motifs is 1. The fraction of sp³-hybridized carbons (Fsp3) is 0.259. The number of thiazole rings is 1. The number of rotatable bonds is 6. The van der Waals surface area contributed by atoms with E-state index in [1.807, 2.05) is 55.5 Å². The topological polar surface area (TPSA) is 70.6 Å². The van der Waals surface area contributed by atoms with Gasteiger partial charge in [-0.1, -0.05) is 72.0 Å². The summed E-state index contributed by atoms with van der Waals surface area (Å²) in [7, 11) is -3.65. The van der Waals surface area contributed by atoms with Gasteiger partial charge in [-0.25, -0.2) is 13.4 Å². The molecule has 1 unspecified atom stereocenters. The fourth-order valence-corrected chi connectivity index (χ4v) is 7.11. The summed E-state index contributed by atoms with van der Waals surface area (Å²) in [5.74, 6) is -0.516. The van der Waals surface area contributed by atoms with E-state index in [1.54, 1.807) is 35.2 Å². The molecule has 0 aliphatic carbocycles. The number of aromatic nitrogens is 1. The molecule has 1 aliphatic rings. The van der Waals surface area contributed by atoms with Crippen LogP contribution in [-0.2, 0) is 21.4 Å². The number of piperidine rings is 1. The normalized spacial score (nSPS) is 16.9. The molecule has 4 aromatic rings. The molecule has 1 atom stereocenters. The minimum absolute atomic E-state index is 0.0847. The third kappa shape index (κ3) is 4.87. The van der Waals surface area contributed by atoms with Crippen molar-refractivity contribution in [3.8, 4) is 0 Å². The molecule has 3 aromatic carbocycles. The van der Waals surface area contributed by atoms with Gasteiger partial charge in [-0.05, 0) is 49.1 Å². The molecule has 1 fully saturated rings. The lowest BCUT2D eigenvalue weighted by Gasteiger charge is -2.33. The average molecular weight is 506 g/mol. The Kier molecular flexibility index (Phi) is 6.69. The van der Waals surface area contributed by atoms with Crippen LogP contribution in [-0.4, -0.2) is 36.7 Å². The summed E-state index contributed by atoms with van der Waals surface area (Å²) in [6.45, 7) is 2.99. The highest BCUT2D eigenvalue weighted by molar-refractivity contribution is 7.89. The lowest BCUT2D eigenvalue weighted by Crippen LogP contribution is -2.46. The molecule has 0 radical (unpaired) electrons. The van der Waals surface area contributed by atoms with Gasteiger partial charge in [0.05, 0.1) is 27.6 Å². The molecule has 6 nitrogen and oxygen atoms in total. The van der Waals surface area contributed by atoms with Gasteiger partial charge in [0.15, 0.2) is 5.13 Å². The zero-order valence-corrected chi connectivity index (χ0v) is 21.1. The summed E-state index contributed by atoms with van der Waals surface area (Å²) in [4.78, 5) is 20.8. The van der Waals surface area contributed by atoms with E-state index in [0.29, 0.717) is 31.1 Å². The van der Waals surface area contributed by atoms with Gasteiger partial charge in [-0.2, -0.15) is 4.31 Å². The number of benzene rings is 3. The first-order chi connectivity index (χ1) is 16.9. The number of nitrogens with zero attached hydrogens (tertiary/aromatic N) is 3. The Morgan fingerprint density at radius 3 is 2.46 bits per heavy atom. The van der Waals surface area contributed by atoms with Gasteiger partial charge in [0.2, 0.25) is 15.9 Å². The Bertz CT molecular complexity index is 1440. The van der Waals surface area contributed by atoms with E-state index in [2.05, 4.69) is 0 Å². The number of carbonyl (C=O) groups is 1. The number of sulfonamides is 1. The summed E-state index contributed by atoms with van der Waals surface area (Å²) in [6, 6.07) is 24.3. The van der Waals surface area contributed by atoms with Crippen molar-refractivity contribution in [2.45, 2.75) is 31.2 Å². The van der Waals surface area contributed by atoms with E-state index >= 15 is 0 Å². The predicted octanol–water partition coefficient (Wildman–Crippen LogP) is 5.24. The van der Waals surface area contributed by atoms with Crippen molar-refractivity contribution in [3.05, 3.63) is 90.0 Å². The maximum atomic E-state index is 13.9. The predicted molar refractivity (Wildman–Crippen MR) is 140 cm³/mol. The van der Waals surface area contributed by atoms with E-state index < -0.39 is 15.9 Å². The first kappa shape index (κ1) is 23.7. The molecule has 1 aromatic heterocycles. The van der Waals surface area contributed by atoms with Crippen LogP contribution in [0.4, 0.5) is 5.13 Å². The smallest absolute Gasteiger partial charge is 0.243 e. The van der Waals surface area contributed by atoms with E-state index in [4.69, 9.17) is 4.98 Å². The lowest BCUT2D eigenvalue weighted by atomic mass is 9.98. The number of hydrogen-bond acceptors (Lipinski definition) is 5. The van der Waals surface area contributed by atoms with Crippen LogP contribution in [0.1, 0.15) is 24.0 Å². The molecule has 0 saturated carbocycles. The molecular formula is C27H27N3O3S2. The maximum absolute atomic E-state index is 13.9. The van der Waals surface area contributed by atoms with Crippen LogP contribution >= 0.6 is 11.3 Å². The summed E-state index contributed by atoms with van der Waals surface area (Å²) >= 11 is 1.50. The number of para-hydroxylation sites is 1. The molecule has 1 amide bonds. The number of hydrogen-bond donors (Lipinski definition) is 0. The zero-order chi connectivity index (χ0) is 24.4.